The van der Waals surface area contributed by atoms with Gasteiger partial charge in [-0.1, -0.05) is 12.1 Å². The second kappa shape index (κ2) is 8.16. The normalized spacial score (nSPS) is 15.1. The van der Waals surface area contributed by atoms with E-state index >= 15 is 0 Å². The zero-order chi connectivity index (χ0) is 17.5. The summed E-state index contributed by atoms with van der Waals surface area (Å²) in [5.41, 5.74) is 0.507. The largest absolute Gasteiger partial charge is 0.494 e. The van der Waals surface area contributed by atoms with Crippen LogP contribution in [0.15, 0.2) is 29.8 Å². The Bertz CT molecular complexity index is 669. The van der Waals surface area contributed by atoms with E-state index in [2.05, 4.69) is 5.32 Å². The first-order chi connectivity index (χ1) is 11.5. The molecule has 6 heteroatoms. The van der Waals surface area contributed by atoms with Gasteiger partial charge in [0, 0.05) is 6.04 Å². The summed E-state index contributed by atoms with van der Waals surface area (Å²) in [7, 11) is 0. The summed E-state index contributed by atoms with van der Waals surface area (Å²) in [5.74, 6) is -0.449. The van der Waals surface area contributed by atoms with Gasteiger partial charge in [-0.2, -0.15) is 5.26 Å². The predicted octanol–water partition coefficient (Wildman–Crippen LogP) is 2.20. The van der Waals surface area contributed by atoms with Crippen molar-refractivity contribution in [3.63, 3.8) is 0 Å². The van der Waals surface area contributed by atoms with Crippen LogP contribution < -0.4 is 10.1 Å². The van der Waals surface area contributed by atoms with Gasteiger partial charge in [-0.3, -0.25) is 4.79 Å². The number of nitrogens with zero attached hydrogens (tertiary/aromatic N) is 1. The number of hydrogen-bond acceptors (Lipinski definition) is 5. The van der Waals surface area contributed by atoms with Crippen LogP contribution >= 0.6 is 0 Å². The predicted molar refractivity (Wildman–Crippen MR) is 87.9 cm³/mol. The smallest absolute Gasteiger partial charge is 0.349 e. The molecular formula is C18H20N2O4. The number of carbonyl (C=O) groups is 2. The fraction of sp³-hybridized carbons (Fsp3) is 0.389. The summed E-state index contributed by atoms with van der Waals surface area (Å²) in [5, 5.41) is 11.9. The van der Waals surface area contributed by atoms with Crippen LogP contribution in [-0.2, 0) is 14.3 Å². The molecule has 0 heterocycles. The zero-order valence-corrected chi connectivity index (χ0v) is 13.7. The van der Waals surface area contributed by atoms with E-state index in [9.17, 15) is 9.59 Å². The van der Waals surface area contributed by atoms with E-state index in [1.165, 1.54) is 13.0 Å². The lowest BCUT2D eigenvalue weighted by atomic mass is 10.1. The molecule has 1 aliphatic carbocycles. The van der Waals surface area contributed by atoms with Gasteiger partial charge in [0.15, 0.2) is 6.10 Å². The fourth-order valence-corrected chi connectivity index (χ4v) is 1.95. The maximum atomic E-state index is 12.0. The molecule has 1 saturated carbocycles. The Morgan fingerprint density at radius 2 is 2.04 bits per heavy atom. The lowest BCUT2D eigenvalue weighted by molar-refractivity contribution is -0.150. The van der Waals surface area contributed by atoms with E-state index in [0.29, 0.717) is 17.9 Å². The quantitative estimate of drug-likeness (QED) is 0.471. The molecule has 0 bridgehead atoms. The van der Waals surface area contributed by atoms with Crippen molar-refractivity contribution in [2.75, 3.05) is 6.61 Å². The molecule has 1 fully saturated rings. The summed E-state index contributed by atoms with van der Waals surface area (Å²) >= 11 is 0. The monoisotopic (exact) mass is 328 g/mol. The van der Waals surface area contributed by atoms with Crippen molar-refractivity contribution in [3.8, 4) is 11.8 Å². The van der Waals surface area contributed by atoms with E-state index in [1.807, 2.05) is 13.0 Å². The van der Waals surface area contributed by atoms with Crippen molar-refractivity contribution in [2.24, 2.45) is 0 Å². The molecule has 1 aromatic carbocycles. The first kappa shape index (κ1) is 17.5. The van der Waals surface area contributed by atoms with Gasteiger partial charge in [-0.15, -0.1) is 0 Å². The highest BCUT2D eigenvalue weighted by atomic mass is 16.5. The minimum Gasteiger partial charge on any atom is -0.494 e. The highest BCUT2D eigenvalue weighted by Crippen LogP contribution is 2.19. The van der Waals surface area contributed by atoms with Crippen molar-refractivity contribution >= 4 is 18.0 Å². The molecule has 6 nitrogen and oxygen atoms in total. The van der Waals surface area contributed by atoms with Crippen LogP contribution in [0.25, 0.3) is 6.08 Å². The summed E-state index contributed by atoms with van der Waals surface area (Å²) in [6.07, 6.45) is 2.39. The number of ether oxygens (including phenoxy) is 2. The first-order valence-electron chi connectivity index (χ1n) is 7.89. The SMILES string of the molecule is CCOc1ccc(/C=C(\C#N)C(=O)O[C@@H](C)C(=O)NC2CC2)cc1. The van der Waals surface area contributed by atoms with E-state index in [1.54, 1.807) is 24.3 Å². The number of nitrogens with one attached hydrogen (secondary N) is 1. The zero-order valence-electron chi connectivity index (χ0n) is 13.7. The van der Waals surface area contributed by atoms with Crippen molar-refractivity contribution in [1.29, 1.82) is 5.26 Å². The number of benzene rings is 1. The van der Waals surface area contributed by atoms with Gasteiger partial charge >= 0.3 is 5.97 Å². The molecule has 0 aliphatic heterocycles. The lowest BCUT2D eigenvalue weighted by Crippen LogP contribution is -2.37. The maximum Gasteiger partial charge on any atom is 0.349 e. The summed E-state index contributed by atoms with van der Waals surface area (Å²) in [4.78, 5) is 23.8. The van der Waals surface area contributed by atoms with Crippen molar-refractivity contribution in [1.82, 2.24) is 5.32 Å². The Balaban J connectivity index is 1.99. The van der Waals surface area contributed by atoms with Crippen LogP contribution in [0, 0.1) is 11.3 Å². The third-order valence-corrected chi connectivity index (χ3v) is 3.42. The molecule has 1 aliphatic rings. The molecule has 1 amide bonds. The maximum absolute atomic E-state index is 12.0. The summed E-state index contributed by atoms with van der Waals surface area (Å²) in [6, 6.07) is 8.97. The highest BCUT2D eigenvalue weighted by Gasteiger charge is 2.27. The average molecular weight is 328 g/mol. The molecule has 1 N–H and O–H groups in total. The summed E-state index contributed by atoms with van der Waals surface area (Å²) < 4.78 is 10.4. The van der Waals surface area contributed by atoms with E-state index in [4.69, 9.17) is 14.7 Å². The number of carbonyl (C=O) groups excluding carboxylic acids is 2. The Kier molecular flexibility index (Phi) is 5.96. The van der Waals surface area contributed by atoms with Gasteiger partial charge in [-0.25, -0.2) is 4.79 Å². The minimum atomic E-state index is -0.935. The standard InChI is InChI=1S/C18H20N2O4/c1-3-23-16-8-4-13(5-9-16)10-14(11-19)18(22)24-12(2)17(21)20-15-6-7-15/h4-5,8-10,12,15H,3,6-7H2,1-2H3,(H,20,21)/b14-10+/t12-/m0/s1. The molecule has 0 spiro atoms. The molecule has 0 saturated heterocycles. The summed E-state index contributed by atoms with van der Waals surface area (Å²) in [6.45, 7) is 3.94. The Labute approximate surface area is 141 Å². The van der Waals surface area contributed by atoms with Gasteiger partial charge in [0.25, 0.3) is 5.91 Å². The fourth-order valence-electron chi connectivity index (χ4n) is 1.95. The van der Waals surface area contributed by atoms with E-state index in [-0.39, 0.29) is 17.5 Å². The van der Waals surface area contributed by atoms with Gasteiger partial charge < -0.3 is 14.8 Å². The molecule has 0 aromatic heterocycles. The number of esters is 1. The van der Waals surface area contributed by atoms with Gasteiger partial charge in [0.2, 0.25) is 0 Å². The van der Waals surface area contributed by atoms with Crippen molar-refractivity contribution in [2.45, 2.75) is 38.8 Å². The molecule has 126 valence electrons. The number of hydrogen-bond donors (Lipinski definition) is 1. The molecule has 1 atom stereocenters. The number of nitriles is 1. The molecule has 0 radical (unpaired) electrons. The van der Waals surface area contributed by atoms with Crippen LogP contribution in [0.2, 0.25) is 0 Å². The molecular weight excluding hydrogens is 308 g/mol. The van der Waals surface area contributed by atoms with E-state index in [0.717, 1.165) is 12.8 Å². The highest BCUT2D eigenvalue weighted by molar-refractivity contribution is 5.99. The average Bonchev–Trinajstić information content (AvgIpc) is 3.38. The van der Waals surface area contributed by atoms with Crippen LogP contribution in [-0.4, -0.2) is 30.6 Å². The third kappa shape index (κ3) is 5.13. The molecule has 1 aromatic rings. The van der Waals surface area contributed by atoms with Gasteiger partial charge in [0.1, 0.15) is 17.4 Å². The second-order valence-corrected chi connectivity index (χ2v) is 5.50. The van der Waals surface area contributed by atoms with Gasteiger partial charge in [-0.05, 0) is 50.5 Å². The Hall–Kier alpha value is -2.81. The van der Waals surface area contributed by atoms with E-state index < -0.39 is 12.1 Å². The van der Waals surface area contributed by atoms with Crippen molar-refractivity contribution < 1.29 is 19.1 Å². The van der Waals surface area contributed by atoms with Crippen LogP contribution in [0.4, 0.5) is 0 Å². The van der Waals surface area contributed by atoms with Gasteiger partial charge in [0.05, 0.1) is 6.61 Å². The second-order valence-electron chi connectivity index (χ2n) is 5.50. The third-order valence-electron chi connectivity index (χ3n) is 3.42. The van der Waals surface area contributed by atoms with Crippen LogP contribution in [0.1, 0.15) is 32.3 Å². The lowest BCUT2D eigenvalue weighted by Gasteiger charge is -2.12. The first-order valence-corrected chi connectivity index (χ1v) is 7.89. The van der Waals surface area contributed by atoms with Crippen LogP contribution in [0.5, 0.6) is 5.75 Å². The van der Waals surface area contributed by atoms with Crippen molar-refractivity contribution in [3.05, 3.63) is 35.4 Å². The molecule has 24 heavy (non-hydrogen) atoms. The Morgan fingerprint density at radius 3 is 2.58 bits per heavy atom. The molecule has 0 unspecified atom stereocenters. The molecule has 2 rings (SSSR count). The topological polar surface area (TPSA) is 88.4 Å². The Morgan fingerprint density at radius 1 is 1.38 bits per heavy atom. The van der Waals surface area contributed by atoms with Crippen LogP contribution in [0.3, 0.4) is 0 Å². The number of amides is 1. The number of rotatable bonds is 7. The minimum absolute atomic E-state index is 0.162.